The Hall–Kier alpha value is -2.11. The van der Waals surface area contributed by atoms with E-state index in [4.69, 9.17) is 5.84 Å². The minimum absolute atomic E-state index is 0.424. The van der Waals surface area contributed by atoms with Crippen LogP contribution in [0.15, 0.2) is 60.7 Å². The number of hydrogen-bond donors (Lipinski definition) is 2. The molecule has 3 N–H and O–H groups in total. The summed E-state index contributed by atoms with van der Waals surface area (Å²) >= 11 is 0. The van der Waals surface area contributed by atoms with Gasteiger partial charge in [0, 0.05) is 5.56 Å². The van der Waals surface area contributed by atoms with Gasteiger partial charge in [-0.3, -0.25) is 15.6 Å². The summed E-state index contributed by atoms with van der Waals surface area (Å²) in [7, 11) is -1.15. The fraction of sp³-hybridized carbons (Fsp3) is 0. The number of nitrogens with zero attached hydrogens (tertiary/aromatic N) is 1. The Bertz CT molecular complexity index is 519. The van der Waals surface area contributed by atoms with Crippen molar-refractivity contribution in [2.45, 2.75) is 0 Å². The highest BCUT2D eigenvalue weighted by Gasteiger charge is 2.26. The van der Waals surface area contributed by atoms with Gasteiger partial charge in [0.2, 0.25) is 0 Å². The van der Waals surface area contributed by atoms with Gasteiger partial charge in [0.1, 0.15) is 0 Å². The zero-order valence-electron chi connectivity index (χ0n) is 9.73. The van der Waals surface area contributed by atoms with Crippen LogP contribution in [-0.4, -0.2) is 22.9 Å². The van der Waals surface area contributed by atoms with Gasteiger partial charge in [-0.25, -0.2) is 0 Å². The summed E-state index contributed by atoms with van der Waals surface area (Å²) in [6.45, 7) is 0. The van der Waals surface area contributed by atoms with Crippen molar-refractivity contribution < 1.29 is 9.82 Å². The Morgan fingerprint density at radius 1 is 1.00 bits per heavy atom. The van der Waals surface area contributed by atoms with Crippen molar-refractivity contribution in [1.29, 1.82) is 0 Å². The van der Waals surface area contributed by atoms with E-state index >= 15 is 0 Å². The Labute approximate surface area is 106 Å². The van der Waals surface area contributed by atoms with E-state index in [1.165, 1.54) is 0 Å². The fourth-order valence-electron chi connectivity index (χ4n) is 1.63. The first kappa shape index (κ1) is 12.4. The van der Waals surface area contributed by atoms with Crippen molar-refractivity contribution in [1.82, 2.24) is 4.92 Å². The van der Waals surface area contributed by atoms with Gasteiger partial charge in [-0.2, -0.15) is 0 Å². The average Bonchev–Trinajstić information content (AvgIpc) is 2.47. The number of carbonyl (C=O) groups excluding carboxylic acids is 1. The number of hydrazine groups is 1. The topological polar surface area (TPSA) is 66.6 Å². The SMILES string of the molecule is NN(B(O)c1ccccc1)C(=O)c1ccccc1. The summed E-state index contributed by atoms with van der Waals surface area (Å²) in [6, 6.07) is 17.4. The highest BCUT2D eigenvalue weighted by Crippen LogP contribution is 2.02. The molecule has 4 nitrogen and oxygen atoms in total. The maximum atomic E-state index is 12.0. The van der Waals surface area contributed by atoms with Gasteiger partial charge >= 0.3 is 7.05 Å². The van der Waals surface area contributed by atoms with E-state index < -0.39 is 13.0 Å². The number of hydrogen-bond acceptors (Lipinski definition) is 3. The number of nitrogens with two attached hydrogens (primary N) is 1. The van der Waals surface area contributed by atoms with Gasteiger partial charge in [-0.1, -0.05) is 48.5 Å². The molecule has 0 saturated heterocycles. The molecule has 2 aromatic rings. The molecule has 0 spiro atoms. The van der Waals surface area contributed by atoms with Gasteiger partial charge < -0.3 is 5.02 Å². The van der Waals surface area contributed by atoms with Crippen molar-refractivity contribution in [3.8, 4) is 0 Å². The van der Waals surface area contributed by atoms with Gasteiger partial charge in [-0.05, 0) is 17.6 Å². The maximum Gasteiger partial charge on any atom is 0.466 e. The second-order valence-corrected chi connectivity index (χ2v) is 3.86. The Balaban J connectivity index is 2.17. The molecule has 0 saturated carbocycles. The highest BCUT2D eigenvalue weighted by atomic mass is 16.2. The second-order valence-electron chi connectivity index (χ2n) is 3.86. The highest BCUT2D eigenvalue weighted by molar-refractivity contribution is 6.65. The molecule has 0 aliphatic heterocycles. The van der Waals surface area contributed by atoms with Crippen molar-refractivity contribution in [3.05, 3.63) is 66.2 Å². The first-order valence-electron chi connectivity index (χ1n) is 5.56. The normalized spacial score (nSPS) is 9.89. The fourth-order valence-corrected chi connectivity index (χ4v) is 1.63. The summed E-state index contributed by atoms with van der Waals surface area (Å²) in [5.74, 6) is 5.23. The molecule has 0 atom stereocenters. The molecule has 5 heteroatoms. The molecule has 0 aliphatic rings. The van der Waals surface area contributed by atoms with E-state index in [-0.39, 0.29) is 0 Å². The number of carbonyl (C=O) groups is 1. The summed E-state index contributed by atoms with van der Waals surface area (Å²) in [5, 5.41) is 10.0. The molecule has 0 bridgehead atoms. The molecule has 0 heterocycles. The van der Waals surface area contributed by atoms with Gasteiger partial charge in [0.25, 0.3) is 5.91 Å². The molecular weight excluding hydrogens is 227 g/mol. The van der Waals surface area contributed by atoms with E-state index in [1.807, 2.05) is 12.1 Å². The van der Waals surface area contributed by atoms with Gasteiger partial charge in [0.05, 0.1) is 0 Å². The molecule has 0 aromatic heterocycles. The number of rotatable bonds is 3. The van der Waals surface area contributed by atoms with Crippen LogP contribution in [0.3, 0.4) is 0 Å². The summed E-state index contributed by atoms with van der Waals surface area (Å²) in [4.78, 5) is 12.8. The summed E-state index contributed by atoms with van der Waals surface area (Å²) in [6.07, 6.45) is 0. The third-order valence-corrected chi connectivity index (χ3v) is 2.62. The van der Waals surface area contributed by atoms with E-state index in [9.17, 15) is 9.82 Å². The number of benzene rings is 2. The van der Waals surface area contributed by atoms with E-state index in [2.05, 4.69) is 0 Å². The minimum Gasteiger partial charge on any atom is -0.428 e. The lowest BCUT2D eigenvalue weighted by Crippen LogP contribution is -2.55. The molecule has 0 unspecified atom stereocenters. The standard InChI is InChI=1S/C13H13BN2O2/c15-16(13(17)11-7-3-1-4-8-11)14(18)12-9-5-2-6-10-12/h1-10,18H,15H2. The van der Waals surface area contributed by atoms with E-state index in [1.54, 1.807) is 48.5 Å². The molecule has 0 radical (unpaired) electrons. The first-order valence-corrected chi connectivity index (χ1v) is 5.56. The van der Waals surface area contributed by atoms with Crippen molar-refractivity contribution >= 4 is 18.4 Å². The largest absolute Gasteiger partial charge is 0.466 e. The first-order chi connectivity index (χ1) is 8.70. The van der Waals surface area contributed by atoms with Crippen molar-refractivity contribution in [2.75, 3.05) is 0 Å². The third kappa shape index (κ3) is 2.59. The monoisotopic (exact) mass is 240 g/mol. The van der Waals surface area contributed by atoms with Crippen LogP contribution in [0, 0.1) is 0 Å². The van der Waals surface area contributed by atoms with Crippen LogP contribution >= 0.6 is 0 Å². The van der Waals surface area contributed by atoms with E-state index in [0.717, 1.165) is 4.92 Å². The average molecular weight is 240 g/mol. The molecular formula is C13H13BN2O2. The summed E-state index contributed by atoms with van der Waals surface area (Å²) in [5.41, 5.74) is 1.01. The van der Waals surface area contributed by atoms with Crippen molar-refractivity contribution in [3.63, 3.8) is 0 Å². The molecule has 0 aliphatic carbocycles. The zero-order valence-corrected chi connectivity index (χ0v) is 9.73. The zero-order chi connectivity index (χ0) is 13.0. The smallest absolute Gasteiger partial charge is 0.428 e. The van der Waals surface area contributed by atoms with Crippen LogP contribution in [0.25, 0.3) is 0 Å². The Morgan fingerprint density at radius 2 is 1.50 bits per heavy atom. The molecule has 0 fully saturated rings. The predicted molar refractivity (Wildman–Crippen MR) is 70.8 cm³/mol. The molecule has 1 amide bonds. The van der Waals surface area contributed by atoms with Crippen LogP contribution in [0.1, 0.15) is 10.4 Å². The molecule has 90 valence electrons. The Morgan fingerprint density at radius 3 is 2.06 bits per heavy atom. The molecule has 2 rings (SSSR count). The van der Waals surface area contributed by atoms with Gasteiger partial charge in [-0.15, -0.1) is 0 Å². The quantitative estimate of drug-likeness (QED) is 0.353. The van der Waals surface area contributed by atoms with Crippen LogP contribution in [0.5, 0.6) is 0 Å². The number of amides is 1. The van der Waals surface area contributed by atoms with Gasteiger partial charge in [0.15, 0.2) is 0 Å². The second kappa shape index (κ2) is 5.49. The lowest BCUT2D eigenvalue weighted by Gasteiger charge is -2.19. The van der Waals surface area contributed by atoms with E-state index in [0.29, 0.717) is 11.0 Å². The minimum atomic E-state index is -1.15. The molecule has 2 aromatic carbocycles. The van der Waals surface area contributed by atoms with Crippen LogP contribution in [0.4, 0.5) is 0 Å². The lowest BCUT2D eigenvalue weighted by molar-refractivity contribution is 0.0843. The predicted octanol–water partition coefficient (Wildman–Crippen LogP) is 0.390. The molecule has 18 heavy (non-hydrogen) atoms. The van der Waals surface area contributed by atoms with Crippen LogP contribution in [-0.2, 0) is 0 Å². The maximum absolute atomic E-state index is 12.0. The lowest BCUT2D eigenvalue weighted by atomic mass is 9.73. The van der Waals surface area contributed by atoms with Crippen molar-refractivity contribution in [2.24, 2.45) is 5.84 Å². The summed E-state index contributed by atoms with van der Waals surface area (Å²) < 4.78 is 0. The van der Waals surface area contributed by atoms with Crippen LogP contribution in [0.2, 0.25) is 0 Å². The third-order valence-electron chi connectivity index (χ3n) is 2.62. The Kier molecular flexibility index (Phi) is 3.77. The van der Waals surface area contributed by atoms with Crippen LogP contribution < -0.4 is 11.3 Å².